The zero-order valence-electron chi connectivity index (χ0n) is 13.9. The van der Waals surface area contributed by atoms with Gasteiger partial charge in [-0.15, -0.1) is 0 Å². The molecule has 0 bridgehead atoms. The molecule has 0 amide bonds. The first-order valence-corrected chi connectivity index (χ1v) is 8.07. The van der Waals surface area contributed by atoms with Gasteiger partial charge in [-0.25, -0.2) is 0 Å². The molecule has 1 rings (SSSR count). The van der Waals surface area contributed by atoms with Gasteiger partial charge in [0.25, 0.3) is 0 Å². The second-order valence-electron chi connectivity index (χ2n) is 8.34. The van der Waals surface area contributed by atoms with E-state index in [0.717, 1.165) is 18.9 Å². The van der Waals surface area contributed by atoms with E-state index in [1.54, 1.807) is 0 Å². The lowest BCUT2D eigenvalue weighted by Crippen LogP contribution is -2.49. The van der Waals surface area contributed by atoms with Crippen molar-refractivity contribution < 1.29 is 5.11 Å². The molecule has 0 aliphatic heterocycles. The van der Waals surface area contributed by atoms with Gasteiger partial charge in [0, 0.05) is 12.6 Å². The molecule has 1 saturated carbocycles. The van der Waals surface area contributed by atoms with E-state index in [-0.39, 0.29) is 0 Å². The number of nitrogens with one attached hydrogen (secondary N) is 1. The first-order chi connectivity index (χ1) is 8.62. The summed E-state index contributed by atoms with van der Waals surface area (Å²) >= 11 is 0. The minimum atomic E-state index is -0.575. The van der Waals surface area contributed by atoms with Crippen LogP contribution in [0.1, 0.15) is 73.6 Å². The molecule has 2 nitrogen and oxygen atoms in total. The Morgan fingerprint density at radius 3 is 2.21 bits per heavy atom. The molecule has 2 heteroatoms. The van der Waals surface area contributed by atoms with E-state index in [0.29, 0.717) is 17.4 Å². The molecule has 0 spiro atoms. The zero-order chi connectivity index (χ0) is 14.7. The van der Waals surface area contributed by atoms with Crippen LogP contribution in [0.3, 0.4) is 0 Å². The average molecular weight is 269 g/mol. The topological polar surface area (TPSA) is 32.3 Å². The summed E-state index contributed by atoms with van der Waals surface area (Å²) in [4.78, 5) is 0. The van der Waals surface area contributed by atoms with Crippen LogP contribution >= 0.6 is 0 Å². The maximum absolute atomic E-state index is 10.4. The van der Waals surface area contributed by atoms with Crippen molar-refractivity contribution in [3.05, 3.63) is 0 Å². The van der Waals surface area contributed by atoms with Gasteiger partial charge in [-0.3, -0.25) is 0 Å². The van der Waals surface area contributed by atoms with Gasteiger partial charge < -0.3 is 10.4 Å². The normalized spacial score (nSPS) is 28.4. The Hall–Kier alpha value is -0.0800. The van der Waals surface area contributed by atoms with Crippen LogP contribution in [0.25, 0.3) is 0 Å². The minimum Gasteiger partial charge on any atom is -0.389 e. The lowest BCUT2D eigenvalue weighted by Gasteiger charge is -2.42. The fourth-order valence-corrected chi connectivity index (χ4v) is 3.71. The molecule has 1 fully saturated rings. The second kappa shape index (κ2) is 6.58. The molecule has 19 heavy (non-hydrogen) atoms. The third-order valence-corrected chi connectivity index (χ3v) is 4.47. The zero-order valence-corrected chi connectivity index (χ0v) is 13.9. The van der Waals surface area contributed by atoms with E-state index in [9.17, 15) is 5.11 Å². The lowest BCUT2D eigenvalue weighted by atomic mass is 9.69. The molecule has 0 aromatic heterocycles. The van der Waals surface area contributed by atoms with Gasteiger partial charge in [0.1, 0.15) is 0 Å². The third-order valence-electron chi connectivity index (χ3n) is 4.47. The largest absolute Gasteiger partial charge is 0.389 e. The summed E-state index contributed by atoms with van der Waals surface area (Å²) in [5.74, 6) is 1.28. The molecule has 2 N–H and O–H groups in total. The van der Waals surface area contributed by atoms with Crippen LogP contribution in [-0.2, 0) is 0 Å². The monoisotopic (exact) mass is 269 g/mol. The van der Waals surface area contributed by atoms with Crippen LogP contribution in [-0.4, -0.2) is 23.3 Å². The number of aliphatic hydroxyl groups is 1. The van der Waals surface area contributed by atoms with Gasteiger partial charge in [0.2, 0.25) is 0 Å². The summed E-state index contributed by atoms with van der Waals surface area (Å²) < 4.78 is 0. The van der Waals surface area contributed by atoms with Crippen molar-refractivity contribution in [3.8, 4) is 0 Å². The fourth-order valence-electron chi connectivity index (χ4n) is 3.71. The molecule has 114 valence electrons. The predicted molar refractivity (Wildman–Crippen MR) is 83.3 cm³/mol. The number of rotatable bonds is 5. The van der Waals surface area contributed by atoms with Crippen LogP contribution in [0.15, 0.2) is 0 Å². The molecule has 1 aliphatic rings. The molecule has 0 radical (unpaired) electrons. The first-order valence-electron chi connectivity index (χ1n) is 8.07. The molecule has 0 heterocycles. The molecule has 3 atom stereocenters. The van der Waals surface area contributed by atoms with Crippen molar-refractivity contribution in [2.45, 2.75) is 85.3 Å². The summed E-state index contributed by atoms with van der Waals surface area (Å²) in [6.07, 6.45) is 6.15. The van der Waals surface area contributed by atoms with Gasteiger partial charge in [-0.2, -0.15) is 0 Å². The van der Waals surface area contributed by atoms with E-state index in [4.69, 9.17) is 0 Å². The van der Waals surface area contributed by atoms with Crippen LogP contribution in [0.2, 0.25) is 0 Å². The second-order valence-corrected chi connectivity index (χ2v) is 8.34. The third kappa shape index (κ3) is 5.83. The molecule has 1 aliphatic carbocycles. The Morgan fingerprint density at radius 1 is 1.11 bits per heavy atom. The molecule has 0 saturated heterocycles. The highest BCUT2D eigenvalue weighted by atomic mass is 16.3. The van der Waals surface area contributed by atoms with E-state index in [1.165, 1.54) is 25.7 Å². The summed E-state index contributed by atoms with van der Waals surface area (Å²) in [7, 11) is 0. The lowest BCUT2D eigenvalue weighted by molar-refractivity contribution is 0.0260. The Kier molecular flexibility index (Phi) is 5.88. The van der Waals surface area contributed by atoms with Crippen molar-refractivity contribution in [3.63, 3.8) is 0 Å². The van der Waals surface area contributed by atoms with Crippen LogP contribution < -0.4 is 5.32 Å². The Labute approximate surface area is 120 Å². The smallest absolute Gasteiger partial charge is 0.0746 e. The van der Waals surface area contributed by atoms with Gasteiger partial charge in [-0.05, 0) is 43.4 Å². The Morgan fingerprint density at radius 2 is 1.68 bits per heavy atom. The molecular formula is C17H35NO. The van der Waals surface area contributed by atoms with Gasteiger partial charge in [0.15, 0.2) is 0 Å². The molecular weight excluding hydrogens is 234 g/mol. The summed E-state index contributed by atoms with van der Waals surface area (Å²) in [6.45, 7) is 14.1. The van der Waals surface area contributed by atoms with Crippen LogP contribution in [0, 0.1) is 17.3 Å². The average Bonchev–Trinajstić information content (AvgIpc) is 2.24. The number of hydrogen-bond acceptors (Lipinski definition) is 2. The van der Waals surface area contributed by atoms with E-state index in [2.05, 4.69) is 39.9 Å². The van der Waals surface area contributed by atoms with Crippen molar-refractivity contribution in [2.24, 2.45) is 17.3 Å². The molecule has 0 aromatic rings. The Balaban J connectivity index is 2.54. The van der Waals surface area contributed by atoms with Crippen molar-refractivity contribution in [1.82, 2.24) is 5.32 Å². The quantitative estimate of drug-likeness (QED) is 0.791. The fraction of sp³-hybridized carbons (Fsp3) is 1.00. The summed E-state index contributed by atoms with van der Waals surface area (Å²) in [5.41, 5.74) is -0.212. The highest BCUT2D eigenvalue weighted by Gasteiger charge is 2.35. The van der Waals surface area contributed by atoms with Gasteiger partial charge in [-0.1, -0.05) is 47.5 Å². The standard InChI is InChI=1S/C17H35NO/c1-13(2)11-17(6,19)12-18-15-10-8-7-9-14(15)16(3,4)5/h13-15,18-19H,7-12H2,1-6H3. The highest BCUT2D eigenvalue weighted by molar-refractivity contribution is 4.90. The number of hydrogen-bond donors (Lipinski definition) is 2. The van der Waals surface area contributed by atoms with Crippen LogP contribution in [0.4, 0.5) is 0 Å². The van der Waals surface area contributed by atoms with Gasteiger partial charge >= 0.3 is 0 Å². The maximum Gasteiger partial charge on any atom is 0.0746 e. The van der Waals surface area contributed by atoms with Gasteiger partial charge in [0.05, 0.1) is 5.60 Å². The predicted octanol–water partition coefficient (Wildman–Crippen LogP) is 3.98. The molecule has 0 aromatic carbocycles. The summed E-state index contributed by atoms with van der Waals surface area (Å²) in [6, 6.07) is 0.576. The molecule has 3 unspecified atom stereocenters. The Bertz CT molecular complexity index is 265. The van der Waals surface area contributed by atoms with E-state index in [1.807, 2.05) is 6.92 Å². The first kappa shape index (κ1) is 17.0. The summed E-state index contributed by atoms with van der Waals surface area (Å²) in [5, 5.41) is 14.1. The minimum absolute atomic E-state index is 0.363. The SMILES string of the molecule is CC(C)CC(C)(O)CNC1CCCCC1C(C)(C)C. The van der Waals surface area contributed by atoms with Crippen molar-refractivity contribution in [2.75, 3.05) is 6.54 Å². The van der Waals surface area contributed by atoms with Crippen molar-refractivity contribution >= 4 is 0 Å². The highest BCUT2D eigenvalue weighted by Crippen LogP contribution is 2.38. The van der Waals surface area contributed by atoms with E-state index < -0.39 is 5.60 Å². The van der Waals surface area contributed by atoms with E-state index >= 15 is 0 Å². The van der Waals surface area contributed by atoms with Crippen molar-refractivity contribution in [1.29, 1.82) is 0 Å². The maximum atomic E-state index is 10.4. The van der Waals surface area contributed by atoms with Crippen LogP contribution in [0.5, 0.6) is 0 Å².